The number of hydrogen-bond acceptors (Lipinski definition) is 4. The summed E-state index contributed by atoms with van der Waals surface area (Å²) in [7, 11) is 0.848. The van der Waals surface area contributed by atoms with E-state index in [-0.39, 0.29) is 17.3 Å². The van der Waals surface area contributed by atoms with Crippen molar-refractivity contribution in [3.05, 3.63) is 48.0 Å². The molecule has 0 aliphatic carbocycles. The first-order chi connectivity index (χ1) is 15.2. The summed E-state index contributed by atoms with van der Waals surface area (Å²) in [5, 5.41) is 1.08. The average molecular weight is 455 g/mol. The molecule has 0 saturated carbocycles. The zero-order valence-corrected chi connectivity index (χ0v) is 19.9. The highest BCUT2D eigenvalue weighted by Crippen LogP contribution is 2.36. The molecule has 0 spiro atoms. The lowest BCUT2D eigenvalue weighted by molar-refractivity contribution is -0.128. The van der Waals surface area contributed by atoms with Crippen LogP contribution in [0.4, 0.5) is 5.69 Å². The Labute approximate surface area is 189 Å². The summed E-state index contributed by atoms with van der Waals surface area (Å²) in [5.41, 5.74) is 4.95. The molecular formula is C24H30N4O3S. The number of nitrogens with zero attached hydrogens (tertiary/aromatic N) is 3. The second-order valence-corrected chi connectivity index (χ2v) is 10.7. The van der Waals surface area contributed by atoms with E-state index < -0.39 is 10.0 Å². The number of hydrogen-bond donors (Lipinski definition) is 1. The van der Waals surface area contributed by atoms with Crippen molar-refractivity contribution in [3.8, 4) is 11.3 Å². The molecule has 170 valence electrons. The van der Waals surface area contributed by atoms with Crippen LogP contribution in [0.1, 0.15) is 18.4 Å². The molecule has 1 aliphatic rings. The summed E-state index contributed by atoms with van der Waals surface area (Å²) in [6.07, 6.45) is 2.25. The van der Waals surface area contributed by atoms with Crippen LogP contribution in [-0.2, 0) is 14.8 Å². The summed E-state index contributed by atoms with van der Waals surface area (Å²) < 4.78 is 27.6. The van der Waals surface area contributed by atoms with Gasteiger partial charge < -0.3 is 14.8 Å². The normalized spacial score (nSPS) is 14.5. The van der Waals surface area contributed by atoms with Gasteiger partial charge >= 0.3 is 0 Å². The predicted molar refractivity (Wildman–Crippen MR) is 128 cm³/mol. The van der Waals surface area contributed by atoms with Gasteiger partial charge in [0.2, 0.25) is 15.9 Å². The number of fused-ring (bicyclic) bond motifs is 1. The quantitative estimate of drug-likeness (QED) is 0.619. The van der Waals surface area contributed by atoms with Crippen molar-refractivity contribution in [2.75, 3.05) is 45.7 Å². The van der Waals surface area contributed by atoms with E-state index in [0.29, 0.717) is 0 Å². The van der Waals surface area contributed by atoms with Crippen LogP contribution >= 0.6 is 0 Å². The Hall–Kier alpha value is -2.84. The lowest BCUT2D eigenvalue weighted by Crippen LogP contribution is -2.37. The lowest BCUT2D eigenvalue weighted by Gasteiger charge is -2.23. The highest BCUT2D eigenvalue weighted by molar-refractivity contribution is 7.89. The number of aromatic nitrogens is 1. The molecule has 3 aromatic rings. The minimum atomic E-state index is -3.82. The Kier molecular flexibility index (Phi) is 6.01. The lowest BCUT2D eigenvalue weighted by atomic mass is 10.1. The fourth-order valence-electron chi connectivity index (χ4n) is 4.11. The minimum absolute atomic E-state index is 0.180. The first kappa shape index (κ1) is 22.4. The second kappa shape index (κ2) is 8.60. The van der Waals surface area contributed by atoms with Crippen LogP contribution in [0.3, 0.4) is 0 Å². The monoisotopic (exact) mass is 454 g/mol. The van der Waals surface area contributed by atoms with Gasteiger partial charge in [0.15, 0.2) is 0 Å². The molecular weight excluding hydrogens is 424 g/mol. The number of H-pyrrole nitrogens is 1. The maximum absolute atomic E-state index is 13.3. The van der Waals surface area contributed by atoms with Gasteiger partial charge in [-0.25, -0.2) is 8.42 Å². The third-order valence-electron chi connectivity index (χ3n) is 6.05. The van der Waals surface area contributed by atoms with Crippen LogP contribution in [-0.4, -0.2) is 69.3 Å². The van der Waals surface area contributed by atoms with Gasteiger partial charge in [0.05, 0.1) is 11.4 Å². The molecule has 1 saturated heterocycles. The molecule has 0 atom stereocenters. The van der Waals surface area contributed by atoms with Crippen molar-refractivity contribution in [2.24, 2.45) is 0 Å². The van der Waals surface area contributed by atoms with Crippen molar-refractivity contribution in [1.82, 2.24) is 14.2 Å². The smallest absolute Gasteiger partial charge is 0.243 e. The topological polar surface area (TPSA) is 76.7 Å². The third-order valence-corrected chi connectivity index (χ3v) is 7.85. The van der Waals surface area contributed by atoms with Crippen molar-refractivity contribution >= 4 is 32.5 Å². The fraction of sp³-hybridized carbons (Fsp3) is 0.375. The maximum atomic E-state index is 13.3. The highest BCUT2D eigenvalue weighted by Gasteiger charge is 2.26. The summed E-state index contributed by atoms with van der Waals surface area (Å²) in [6, 6.07) is 13.6. The fourth-order valence-corrected chi connectivity index (χ4v) is 5.26. The Balaban J connectivity index is 1.79. The van der Waals surface area contributed by atoms with Gasteiger partial charge in [-0.05, 0) is 55.7 Å². The van der Waals surface area contributed by atoms with Gasteiger partial charge in [-0.1, -0.05) is 12.1 Å². The SMILES string of the molecule is Cc1ccc2cc(-c3cc(S(=O)(=O)N(C)CC(=O)N(C)C)ccc3N3CCCC3)[nH]c2c1. The first-order valence-electron chi connectivity index (χ1n) is 10.8. The molecule has 1 amide bonds. The zero-order chi connectivity index (χ0) is 23.0. The summed E-state index contributed by atoms with van der Waals surface area (Å²) in [6.45, 7) is 3.75. The van der Waals surface area contributed by atoms with Crippen LogP contribution in [0, 0.1) is 6.92 Å². The molecule has 1 N–H and O–H groups in total. The number of amides is 1. The van der Waals surface area contributed by atoms with E-state index in [2.05, 4.69) is 34.1 Å². The van der Waals surface area contributed by atoms with Crippen molar-refractivity contribution in [1.29, 1.82) is 0 Å². The summed E-state index contributed by atoms with van der Waals surface area (Å²) in [5.74, 6) is -0.268. The molecule has 1 aromatic heterocycles. The Morgan fingerprint density at radius 3 is 2.44 bits per heavy atom. The number of carbonyl (C=O) groups is 1. The predicted octanol–water partition coefficient (Wildman–Crippen LogP) is 3.45. The summed E-state index contributed by atoms with van der Waals surface area (Å²) in [4.78, 5) is 19.4. The van der Waals surface area contributed by atoms with Crippen LogP contribution < -0.4 is 4.90 Å². The van der Waals surface area contributed by atoms with Crippen LogP contribution in [0.5, 0.6) is 0 Å². The van der Waals surface area contributed by atoms with Crippen LogP contribution in [0.25, 0.3) is 22.2 Å². The van der Waals surface area contributed by atoms with Crippen molar-refractivity contribution < 1.29 is 13.2 Å². The number of anilines is 1. The van der Waals surface area contributed by atoms with Gasteiger partial charge in [0.25, 0.3) is 0 Å². The van der Waals surface area contributed by atoms with Crippen molar-refractivity contribution in [2.45, 2.75) is 24.7 Å². The largest absolute Gasteiger partial charge is 0.371 e. The van der Waals surface area contributed by atoms with E-state index in [1.807, 2.05) is 13.0 Å². The number of likely N-dealkylation sites (N-methyl/N-ethyl adjacent to an activating group) is 2. The molecule has 2 heterocycles. The van der Waals surface area contributed by atoms with Crippen molar-refractivity contribution in [3.63, 3.8) is 0 Å². The van der Waals surface area contributed by atoms with E-state index in [9.17, 15) is 13.2 Å². The minimum Gasteiger partial charge on any atom is -0.371 e. The average Bonchev–Trinajstić information content (AvgIpc) is 3.42. The van der Waals surface area contributed by atoms with Crippen LogP contribution in [0.15, 0.2) is 47.4 Å². The molecule has 4 rings (SSSR count). The molecule has 1 fully saturated rings. The zero-order valence-electron chi connectivity index (χ0n) is 19.1. The number of aromatic amines is 1. The molecule has 1 aliphatic heterocycles. The molecule has 32 heavy (non-hydrogen) atoms. The van der Waals surface area contributed by atoms with Crippen LogP contribution in [0.2, 0.25) is 0 Å². The number of nitrogens with one attached hydrogen (secondary N) is 1. The number of benzene rings is 2. The third kappa shape index (κ3) is 4.25. The second-order valence-electron chi connectivity index (χ2n) is 8.70. The molecule has 0 radical (unpaired) electrons. The molecule has 2 aromatic carbocycles. The first-order valence-corrected chi connectivity index (χ1v) is 12.3. The molecule has 8 heteroatoms. The Bertz CT molecular complexity index is 1260. The summed E-state index contributed by atoms with van der Waals surface area (Å²) >= 11 is 0. The highest BCUT2D eigenvalue weighted by atomic mass is 32.2. The molecule has 0 bridgehead atoms. The molecule has 7 nitrogen and oxygen atoms in total. The van der Waals surface area contributed by atoms with Gasteiger partial charge in [-0.2, -0.15) is 4.31 Å². The van der Waals surface area contributed by atoms with Gasteiger partial charge in [0, 0.05) is 62.1 Å². The Morgan fingerprint density at radius 1 is 1.03 bits per heavy atom. The van der Waals surface area contributed by atoms with E-state index in [1.165, 1.54) is 11.9 Å². The molecule has 0 unspecified atom stereocenters. The number of carbonyl (C=O) groups excluding carboxylic acids is 1. The number of aryl methyl sites for hydroxylation is 1. The van der Waals surface area contributed by atoms with E-state index in [0.717, 1.165) is 63.6 Å². The van der Waals surface area contributed by atoms with E-state index in [1.54, 1.807) is 26.2 Å². The standard InChI is InChI=1S/C24H30N4O3S/c1-17-7-8-18-14-22(25-21(18)13-17)20-15-19(9-10-23(20)28-11-5-6-12-28)32(30,31)27(4)16-24(29)26(2)3/h7-10,13-15,25H,5-6,11-12,16H2,1-4H3. The van der Waals surface area contributed by atoms with Gasteiger partial charge in [-0.15, -0.1) is 0 Å². The number of sulfonamides is 1. The van der Waals surface area contributed by atoms with Gasteiger partial charge in [-0.3, -0.25) is 4.79 Å². The van der Waals surface area contributed by atoms with Gasteiger partial charge in [0.1, 0.15) is 0 Å². The number of rotatable bonds is 6. The Morgan fingerprint density at radius 2 is 1.75 bits per heavy atom. The maximum Gasteiger partial charge on any atom is 0.243 e. The van der Waals surface area contributed by atoms with E-state index >= 15 is 0 Å². The van der Waals surface area contributed by atoms with E-state index in [4.69, 9.17) is 0 Å².